The van der Waals surface area contributed by atoms with Gasteiger partial charge in [-0.05, 0) is 37.5 Å². The molecule has 0 aromatic heterocycles. The quantitative estimate of drug-likeness (QED) is 0.678. The van der Waals surface area contributed by atoms with Gasteiger partial charge in [0.25, 0.3) is 0 Å². The van der Waals surface area contributed by atoms with Crippen LogP contribution in [-0.2, 0) is 19.1 Å². The number of nitrogens with two attached hydrogens (primary N) is 1. The molecule has 2 aliphatic heterocycles. The minimum absolute atomic E-state index is 0.0319. The molecule has 4 rings (SSSR count). The highest BCUT2D eigenvalue weighted by Gasteiger charge is 2.39. The maximum absolute atomic E-state index is 13.0. The van der Waals surface area contributed by atoms with E-state index in [-0.39, 0.29) is 36.2 Å². The largest absolute Gasteiger partial charge is 0.404 e. The number of morpholine rings is 1. The first kappa shape index (κ1) is 23.0. The van der Waals surface area contributed by atoms with Crippen LogP contribution >= 0.6 is 0 Å². The number of amides is 3. The van der Waals surface area contributed by atoms with Crippen molar-refractivity contribution in [1.82, 2.24) is 4.90 Å². The lowest BCUT2D eigenvalue weighted by atomic mass is 10.0. The van der Waals surface area contributed by atoms with Crippen molar-refractivity contribution in [3.8, 4) is 0 Å². The summed E-state index contributed by atoms with van der Waals surface area (Å²) >= 11 is 0. The van der Waals surface area contributed by atoms with E-state index in [1.807, 2.05) is 25.1 Å². The van der Waals surface area contributed by atoms with Crippen LogP contribution in [0, 0.1) is 5.92 Å². The number of nitrogens with zero attached hydrogens (tertiary/aromatic N) is 4. The standard InChI is InChI=1S/C24H31N5O4/c1-16-15-28(24(32)18-3-4-18)22-11-19(5-6-21(22)29(16)17(2)30)20(12-25)13-26-14-23(31)27-7-9-33-10-8-27/h5-6,11-13,16,18H,3-4,7-10,14-15,25H2,1-2H3/b20-12+,26-13?/t16-/m0/s1. The Hall–Kier alpha value is -3.20. The second-order valence-corrected chi connectivity index (χ2v) is 8.75. The number of allylic oxidation sites excluding steroid dienone is 1. The summed E-state index contributed by atoms with van der Waals surface area (Å²) in [4.78, 5) is 47.2. The molecule has 1 aromatic carbocycles. The summed E-state index contributed by atoms with van der Waals surface area (Å²) in [6.45, 7) is 6.22. The van der Waals surface area contributed by atoms with E-state index in [9.17, 15) is 14.4 Å². The molecule has 176 valence electrons. The lowest BCUT2D eigenvalue weighted by Gasteiger charge is -2.41. The summed E-state index contributed by atoms with van der Waals surface area (Å²) in [5.41, 5.74) is 8.71. The average molecular weight is 454 g/mol. The molecule has 1 saturated heterocycles. The van der Waals surface area contributed by atoms with Crippen LogP contribution in [0.3, 0.4) is 0 Å². The van der Waals surface area contributed by atoms with Crippen molar-refractivity contribution in [2.75, 3.05) is 49.2 Å². The van der Waals surface area contributed by atoms with Gasteiger partial charge in [0.15, 0.2) is 0 Å². The Bertz CT molecular complexity index is 995. The third-order valence-corrected chi connectivity index (χ3v) is 6.28. The normalized spacial score (nSPS) is 21.3. The Morgan fingerprint density at radius 1 is 1.18 bits per heavy atom. The van der Waals surface area contributed by atoms with Crippen molar-refractivity contribution in [3.05, 3.63) is 30.0 Å². The van der Waals surface area contributed by atoms with Crippen LogP contribution in [-0.4, -0.2) is 74.3 Å². The molecule has 1 atom stereocenters. The number of carbonyl (C=O) groups excluding carboxylic acids is 3. The van der Waals surface area contributed by atoms with Crippen molar-refractivity contribution in [3.63, 3.8) is 0 Å². The molecular weight excluding hydrogens is 422 g/mol. The number of ether oxygens (including phenoxy) is 1. The van der Waals surface area contributed by atoms with Gasteiger partial charge in [-0.3, -0.25) is 19.4 Å². The number of benzene rings is 1. The van der Waals surface area contributed by atoms with Crippen LogP contribution in [0.4, 0.5) is 11.4 Å². The molecule has 9 nitrogen and oxygen atoms in total. The van der Waals surface area contributed by atoms with Crippen molar-refractivity contribution in [2.45, 2.75) is 32.7 Å². The van der Waals surface area contributed by atoms with Crippen LogP contribution in [0.1, 0.15) is 32.3 Å². The highest BCUT2D eigenvalue weighted by molar-refractivity contribution is 6.12. The van der Waals surface area contributed by atoms with Crippen molar-refractivity contribution >= 4 is 40.9 Å². The van der Waals surface area contributed by atoms with Crippen LogP contribution in [0.2, 0.25) is 0 Å². The van der Waals surface area contributed by atoms with Gasteiger partial charge in [0.1, 0.15) is 6.54 Å². The Kier molecular flexibility index (Phi) is 6.78. The first-order valence-electron chi connectivity index (χ1n) is 11.4. The number of anilines is 2. The molecule has 1 aromatic rings. The van der Waals surface area contributed by atoms with Gasteiger partial charge in [0.05, 0.1) is 30.6 Å². The predicted octanol–water partition coefficient (Wildman–Crippen LogP) is 1.41. The van der Waals surface area contributed by atoms with Crippen molar-refractivity contribution in [2.24, 2.45) is 16.6 Å². The maximum atomic E-state index is 13.0. The number of carbonyl (C=O) groups is 3. The van der Waals surface area contributed by atoms with Crippen molar-refractivity contribution in [1.29, 1.82) is 0 Å². The fourth-order valence-corrected chi connectivity index (χ4v) is 4.39. The highest BCUT2D eigenvalue weighted by atomic mass is 16.5. The summed E-state index contributed by atoms with van der Waals surface area (Å²) in [5, 5.41) is 0. The molecule has 2 heterocycles. The van der Waals surface area contributed by atoms with Gasteiger partial charge in [-0.1, -0.05) is 6.07 Å². The van der Waals surface area contributed by atoms with Gasteiger partial charge in [-0.25, -0.2) is 0 Å². The first-order valence-corrected chi connectivity index (χ1v) is 11.4. The number of aliphatic imine (C=N–C) groups is 1. The van der Waals surface area contributed by atoms with Gasteiger partial charge in [0, 0.05) is 50.5 Å². The Balaban J connectivity index is 1.57. The smallest absolute Gasteiger partial charge is 0.244 e. The van der Waals surface area contributed by atoms with Gasteiger partial charge in [-0.15, -0.1) is 0 Å². The molecule has 2 fully saturated rings. The highest BCUT2D eigenvalue weighted by Crippen LogP contribution is 2.41. The van der Waals surface area contributed by atoms with Gasteiger partial charge in [0.2, 0.25) is 17.7 Å². The van der Waals surface area contributed by atoms with E-state index < -0.39 is 0 Å². The fraction of sp³-hybridized carbons (Fsp3) is 0.500. The van der Waals surface area contributed by atoms with E-state index in [0.717, 1.165) is 24.1 Å². The monoisotopic (exact) mass is 453 g/mol. The molecule has 0 bridgehead atoms. The molecule has 1 saturated carbocycles. The minimum atomic E-state index is -0.110. The summed E-state index contributed by atoms with van der Waals surface area (Å²) < 4.78 is 5.28. The SMILES string of the molecule is CC(=O)N1c2ccc(/C(C=NCC(=O)N3CCOCC3)=C/N)cc2N(C(=O)C2CC2)C[C@@H]1C. The molecule has 33 heavy (non-hydrogen) atoms. The maximum Gasteiger partial charge on any atom is 0.244 e. The second kappa shape index (κ2) is 9.74. The zero-order valence-electron chi connectivity index (χ0n) is 19.2. The van der Waals surface area contributed by atoms with Gasteiger partial charge >= 0.3 is 0 Å². The van der Waals surface area contributed by atoms with Crippen molar-refractivity contribution < 1.29 is 19.1 Å². The summed E-state index contributed by atoms with van der Waals surface area (Å²) in [5.74, 6) is 0.0535. The summed E-state index contributed by atoms with van der Waals surface area (Å²) in [6, 6.07) is 5.49. The van der Waals surface area contributed by atoms with Crippen LogP contribution < -0.4 is 15.5 Å². The Morgan fingerprint density at radius 2 is 1.91 bits per heavy atom. The molecule has 9 heteroatoms. The molecule has 0 spiro atoms. The third-order valence-electron chi connectivity index (χ3n) is 6.28. The summed E-state index contributed by atoms with van der Waals surface area (Å²) in [7, 11) is 0. The topological polar surface area (TPSA) is 109 Å². The number of rotatable bonds is 5. The van der Waals surface area contributed by atoms with E-state index in [2.05, 4.69) is 4.99 Å². The molecule has 0 radical (unpaired) electrons. The average Bonchev–Trinajstić information content (AvgIpc) is 3.66. The van der Waals surface area contributed by atoms with E-state index in [1.165, 1.54) is 13.1 Å². The first-order chi connectivity index (χ1) is 15.9. The lowest BCUT2D eigenvalue weighted by Crippen LogP contribution is -2.51. The third kappa shape index (κ3) is 4.93. The van der Waals surface area contributed by atoms with Crippen LogP contribution in [0.5, 0.6) is 0 Å². The molecular formula is C24H31N5O4. The van der Waals surface area contributed by atoms with E-state index in [0.29, 0.717) is 44.1 Å². The fourth-order valence-electron chi connectivity index (χ4n) is 4.39. The second-order valence-electron chi connectivity index (χ2n) is 8.75. The molecule has 3 aliphatic rings. The van der Waals surface area contributed by atoms with E-state index in [1.54, 1.807) is 20.9 Å². The van der Waals surface area contributed by atoms with Gasteiger partial charge in [-0.2, -0.15) is 0 Å². The zero-order chi connectivity index (χ0) is 23.5. The molecule has 1 aliphatic carbocycles. The molecule has 0 unspecified atom stereocenters. The minimum Gasteiger partial charge on any atom is -0.404 e. The molecule has 2 N–H and O–H groups in total. The molecule has 3 amide bonds. The number of hydrogen-bond donors (Lipinski definition) is 1. The Labute approximate surface area is 193 Å². The van der Waals surface area contributed by atoms with Gasteiger partial charge < -0.3 is 25.2 Å². The summed E-state index contributed by atoms with van der Waals surface area (Å²) in [6.07, 6.45) is 4.84. The van der Waals surface area contributed by atoms with Crippen LogP contribution in [0.15, 0.2) is 29.4 Å². The number of fused-ring (bicyclic) bond motifs is 1. The predicted molar refractivity (Wildman–Crippen MR) is 127 cm³/mol. The van der Waals surface area contributed by atoms with E-state index >= 15 is 0 Å². The van der Waals surface area contributed by atoms with Crippen LogP contribution in [0.25, 0.3) is 5.57 Å². The Morgan fingerprint density at radius 3 is 2.55 bits per heavy atom. The number of hydrogen-bond acceptors (Lipinski definition) is 6. The zero-order valence-corrected chi connectivity index (χ0v) is 19.2. The van der Waals surface area contributed by atoms with E-state index in [4.69, 9.17) is 10.5 Å². The lowest BCUT2D eigenvalue weighted by molar-refractivity contribution is -0.133.